The average Bonchev–Trinajstić information content (AvgIpc) is 2.74. The minimum Gasteiger partial charge on any atom is -0.393 e. The normalized spacial score (nSPS) is 19.3. The number of alkyl halides is 6. The van der Waals surface area contributed by atoms with E-state index in [0.29, 0.717) is 37.8 Å². The molecule has 4 rings (SSSR count). The van der Waals surface area contributed by atoms with Crippen LogP contribution in [-0.2, 0) is 12.4 Å². The van der Waals surface area contributed by atoms with E-state index in [2.05, 4.69) is 25.6 Å². The molecule has 3 aromatic rings. The van der Waals surface area contributed by atoms with Crippen LogP contribution < -0.4 is 16.2 Å². The van der Waals surface area contributed by atoms with Crippen LogP contribution in [0.15, 0.2) is 35.3 Å². The van der Waals surface area contributed by atoms with Gasteiger partial charge < -0.3 is 20.7 Å². The molecular formula is C21H19F6N5O2. The molecule has 182 valence electrons. The smallest absolute Gasteiger partial charge is 0.393 e. The topological polar surface area (TPSA) is 103 Å². The quantitative estimate of drug-likeness (QED) is 0.394. The molecule has 4 N–H and O–H groups in total. The zero-order valence-electron chi connectivity index (χ0n) is 17.4. The van der Waals surface area contributed by atoms with Gasteiger partial charge in [-0.2, -0.15) is 31.3 Å². The van der Waals surface area contributed by atoms with Crippen molar-refractivity contribution in [2.45, 2.75) is 50.2 Å². The SMILES string of the molecule is O=c1[nH]ccc2nc(NC3CCC(O)CC3)nc(Nc3cc(C(F)(F)F)cc(C(F)(F)F)c3)c12. The maximum Gasteiger partial charge on any atom is 0.416 e. The van der Waals surface area contributed by atoms with Crippen molar-refractivity contribution >= 4 is 28.4 Å². The fraction of sp³-hybridized carbons (Fsp3) is 0.381. The minimum atomic E-state index is -5.03. The molecule has 13 heteroatoms. The first kappa shape index (κ1) is 23.8. The first-order valence-corrected chi connectivity index (χ1v) is 10.3. The first-order valence-electron chi connectivity index (χ1n) is 10.3. The van der Waals surface area contributed by atoms with Gasteiger partial charge in [0.05, 0.1) is 22.7 Å². The van der Waals surface area contributed by atoms with Crippen molar-refractivity contribution in [1.82, 2.24) is 15.0 Å². The number of anilines is 3. The largest absolute Gasteiger partial charge is 0.416 e. The van der Waals surface area contributed by atoms with Crippen LogP contribution >= 0.6 is 0 Å². The molecule has 0 saturated heterocycles. The molecule has 34 heavy (non-hydrogen) atoms. The van der Waals surface area contributed by atoms with Crippen molar-refractivity contribution in [3.63, 3.8) is 0 Å². The van der Waals surface area contributed by atoms with Gasteiger partial charge in [0.1, 0.15) is 11.2 Å². The summed E-state index contributed by atoms with van der Waals surface area (Å²) in [6.45, 7) is 0. The second-order valence-corrected chi connectivity index (χ2v) is 8.03. The number of pyridine rings is 1. The molecular weight excluding hydrogens is 468 g/mol. The Balaban J connectivity index is 1.77. The highest BCUT2D eigenvalue weighted by atomic mass is 19.4. The van der Waals surface area contributed by atoms with Gasteiger partial charge in [0.2, 0.25) is 5.95 Å². The van der Waals surface area contributed by atoms with Gasteiger partial charge in [-0.25, -0.2) is 4.98 Å². The third-order valence-corrected chi connectivity index (χ3v) is 5.50. The zero-order chi connectivity index (χ0) is 24.7. The van der Waals surface area contributed by atoms with Crippen LogP contribution in [0, 0.1) is 0 Å². The maximum atomic E-state index is 13.2. The highest BCUT2D eigenvalue weighted by Crippen LogP contribution is 2.38. The van der Waals surface area contributed by atoms with Crippen molar-refractivity contribution in [2.24, 2.45) is 0 Å². The molecule has 1 aromatic carbocycles. The lowest BCUT2D eigenvalue weighted by molar-refractivity contribution is -0.143. The molecule has 1 saturated carbocycles. The van der Waals surface area contributed by atoms with E-state index >= 15 is 0 Å². The van der Waals surface area contributed by atoms with Gasteiger partial charge in [0, 0.05) is 17.9 Å². The summed E-state index contributed by atoms with van der Waals surface area (Å²) in [4.78, 5) is 23.2. The molecule has 7 nitrogen and oxygen atoms in total. The number of H-pyrrole nitrogens is 1. The molecule has 1 aliphatic rings. The van der Waals surface area contributed by atoms with E-state index in [4.69, 9.17) is 0 Å². The molecule has 2 heterocycles. The van der Waals surface area contributed by atoms with Crippen molar-refractivity contribution < 1.29 is 31.4 Å². The Morgan fingerprint density at radius 3 is 2.15 bits per heavy atom. The van der Waals surface area contributed by atoms with Crippen LogP contribution in [-0.4, -0.2) is 32.2 Å². The molecule has 0 spiro atoms. The second-order valence-electron chi connectivity index (χ2n) is 8.03. The lowest BCUT2D eigenvalue weighted by Crippen LogP contribution is -2.29. The number of rotatable bonds is 4. The number of nitrogens with zero attached hydrogens (tertiary/aromatic N) is 2. The molecule has 0 amide bonds. The molecule has 0 aliphatic heterocycles. The third-order valence-electron chi connectivity index (χ3n) is 5.50. The number of halogens is 6. The molecule has 2 aromatic heterocycles. The van der Waals surface area contributed by atoms with E-state index in [1.54, 1.807) is 0 Å². The average molecular weight is 487 g/mol. The molecule has 0 atom stereocenters. The van der Waals surface area contributed by atoms with E-state index < -0.39 is 40.8 Å². The monoisotopic (exact) mass is 487 g/mol. The Morgan fingerprint density at radius 1 is 0.941 bits per heavy atom. The Labute approximate surface area is 188 Å². The zero-order valence-corrected chi connectivity index (χ0v) is 17.4. The van der Waals surface area contributed by atoms with Crippen LogP contribution in [0.3, 0.4) is 0 Å². The Morgan fingerprint density at radius 2 is 1.56 bits per heavy atom. The summed E-state index contributed by atoms with van der Waals surface area (Å²) in [7, 11) is 0. The Bertz CT molecular complexity index is 1220. The van der Waals surface area contributed by atoms with E-state index in [0.717, 1.165) is 0 Å². The van der Waals surface area contributed by atoms with E-state index in [1.165, 1.54) is 12.3 Å². The van der Waals surface area contributed by atoms with Gasteiger partial charge in [0.15, 0.2) is 0 Å². The fourth-order valence-corrected chi connectivity index (χ4v) is 3.81. The van der Waals surface area contributed by atoms with Crippen LogP contribution in [0.5, 0.6) is 0 Å². The van der Waals surface area contributed by atoms with Gasteiger partial charge in [-0.15, -0.1) is 0 Å². The second kappa shape index (κ2) is 8.78. The van der Waals surface area contributed by atoms with E-state index in [-0.39, 0.29) is 34.8 Å². The van der Waals surface area contributed by atoms with Crippen molar-refractivity contribution in [1.29, 1.82) is 0 Å². The summed E-state index contributed by atoms with van der Waals surface area (Å²) in [5.74, 6) is -0.206. The summed E-state index contributed by atoms with van der Waals surface area (Å²) in [6, 6.07) is 2.38. The lowest BCUT2D eigenvalue weighted by Gasteiger charge is -2.26. The highest BCUT2D eigenvalue weighted by molar-refractivity contribution is 5.91. The van der Waals surface area contributed by atoms with Crippen molar-refractivity contribution in [2.75, 3.05) is 10.6 Å². The number of nitrogens with one attached hydrogen (secondary N) is 3. The fourth-order valence-electron chi connectivity index (χ4n) is 3.81. The van der Waals surface area contributed by atoms with Gasteiger partial charge in [-0.1, -0.05) is 0 Å². The number of hydrogen-bond acceptors (Lipinski definition) is 6. The first-order chi connectivity index (χ1) is 15.9. The predicted molar refractivity (Wildman–Crippen MR) is 112 cm³/mol. The van der Waals surface area contributed by atoms with Crippen LogP contribution in [0.1, 0.15) is 36.8 Å². The summed E-state index contributed by atoms with van der Waals surface area (Å²) >= 11 is 0. The van der Waals surface area contributed by atoms with Crippen LogP contribution in [0.25, 0.3) is 10.9 Å². The standard InChI is InChI=1S/C21H19F6N5O2/c22-20(23,24)10-7-11(21(25,26)27)9-13(8-10)29-17-16-15(5-6-28-18(16)34)31-19(32-17)30-12-1-3-14(33)4-2-12/h5-9,12,14,33H,1-4H2,(H,28,34)(H2,29,30,31,32). The van der Waals surface area contributed by atoms with Crippen molar-refractivity contribution in [3.8, 4) is 0 Å². The lowest BCUT2D eigenvalue weighted by atomic mass is 9.93. The molecule has 0 bridgehead atoms. The van der Waals surface area contributed by atoms with Gasteiger partial charge in [-0.3, -0.25) is 4.79 Å². The summed E-state index contributed by atoms with van der Waals surface area (Å²) in [5.41, 5.74) is -4.08. The predicted octanol–water partition coefficient (Wildman–Crippen LogP) is 4.81. The summed E-state index contributed by atoms with van der Waals surface area (Å²) in [5, 5.41) is 15.0. The number of aliphatic hydroxyl groups is 1. The summed E-state index contributed by atoms with van der Waals surface area (Å²) in [6.07, 6.45) is -6.81. The Hall–Kier alpha value is -3.35. The summed E-state index contributed by atoms with van der Waals surface area (Å²) < 4.78 is 79.4. The maximum absolute atomic E-state index is 13.2. The van der Waals surface area contributed by atoms with Gasteiger partial charge >= 0.3 is 12.4 Å². The molecule has 1 aliphatic carbocycles. The third kappa shape index (κ3) is 5.24. The number of aliphatic hydroxyl groups excluding tert-OH is 1. The Kier molecular flexibility index (Phi) is 6.14. The number of aromatic amines is 1. The van der Waals surface area contributed by atoms with Gasteiger partial charge in [0.25, 0.3) is 5.56 Å². The number of hydrogen-bond donors (Lipinski definition) is 4. The number of aromatic nitrogens is 3. The minimum absolute atomic E-state index is 0.0144. The van der Waals surface area contributed by atoms with E-state index in [9.17, 15) is 36.2 Å². The molecule has 0 unspecified atom stereocenters. The van der Waals surface area contributed by atoms with Crippen LogP contribution in [0.4, 0.5) is 43.8 Å². The molecule has 0 radical (unpaired) electrons. The van der Waals surface area contributed by atoms with Crippen molar-refractivity contribution in [3.05, 3.63) is 51.9 Å². The molecule has 1 fully saturated rings. The number of fused-ring (bicyclic) bond motifs is 1. The van der Waals surface area contributed by atoms with E-state index in [1.807, 2.05) is 0 Å². The van der Waals surface area contributed by atoms with Crippen LogP contribution in [0.2, 0.25) is 0 Å². The highest BCUT2D eigenvalue weighted by Gasteiger charge is 2.37. The number of benzene rings is 1. The van der Waals surface area contributed by atoms with Gasteiger partial charge in [-0.05, 0) is 49.9 Å².